The molecule has 1 amide bonds. The maximum Gasteiger partial charge on any atom is 0.277 e. The summed E-state index contributed by atoms with van der Waals surface area (Å²) in [6.07, 6.45) is 0. The molecule has 0 aliphatic heterocycles. The van der Waals surface area contributed by atoms with Crippen molar-refractivity contribution in [2.45, 2.75) is 18.7 Å². The summed E-state index contributed by atoms with van der Waals surface area (Å²) in [6.45, 7) is 2.64. The molecule has 2 heterocycles. The lowest BCUT2D eigenvalue weighted by Crippen LogP contribution is -2.28. The number of hydrogen-bond donors (Lipinski definition) is 0. The lowest BCUT2D eigenvalue weighted by molar-refractivity contribution is -0.127. The van der Waals surface area contributed by atoms with Crippen molar-refractivity contribution in [1.29, 1.82) is 0 Å². The number of aryl methyl sites for hydroxylation is 1. The van der Waals surface area contributed by atoms with Gasteiger partial charge in [0.1, 0.15) is 0 Å². The zero-order chi connectivity index (χ0) is 16.9. The molecule has 124 valence electrons. The standard InChI is InChI=1S/C17H17N3O2S2/c1-12-6-3-4-7-13(12)10-20(2)15(21)11-24-17-19-18-16(22-17)14-8-5-9-23-14/h3-9H,10-11H2,1-2H3. The summed E-state index contributed by atoms with van der Waals surface area (Å²) in [5.74, 6) is 0.793. The van der Waals surface area contributed by atoms with Gasteiger partial charge in [0, 0.05) is 13.6 Å². The topological polar surface area (TPSA) is 59.2 Å². The van der Waals surface area contributed by atoms with Gasteiger partial charge < -0.3 is 9.32 Å². The molecule has 0 bridgehead atoms. The fraction of sp³-hybridized carbons (Fsp3) is 0.235. The summed E-state index contributed by atoms with van der Waals surface area (Å²) in [6, 6.07) is 11.9. The molecule has 5 nitrogen and oxygen atoms in total. The van der Waals surface area contributed by atoms with Crippen molar-refractivity contribution in [3.05, 3.63) is 52.9 Å². The molecule has 3 aromatic rings. The molecule has 0 saturated heterocycles. The molecule has 0 N–H and O–H groups in total. The first kappa shape index (κ1) is 16.7. The Morgan fingerprint density at radius 1 is 1.25 bits per heavy atom. The number of nitrogens with zero attached hydrogens (tertiary/aromatic N) is 3. The number of hydrogen-bond acceptors (Lipinski definition) is 6. The Morgan fingerprint density at radius 2 is 2.08 bits per heavy atom. The summed E-state index contributed by atoms with van der Waals surface area (Å²) in [7, 11) is 1.81. The van der Waals surface area contributed by atoms with Crippen LogP contribution in [0.4, 0.5) is 0 Å². The van der Waals surface area contributed by atoms with E-state index in [2.05, 4.69) is 10.2 Å². The fourth-order valence-corrected chi connectivity index (χ4v) is 3.48. The normalized spacial score (nSPS) is 10.8. The minimum atomic E-state index is 0.0270. The largest absolute Gasteiger partial charge is 0.410 e. The molecule has 0 fully saturated rings. The highest BCUT2D eigenvalue weighted by molar-refractivity contribution is 7.99. The number of thioether (sulfide) groups is 1. The molecular weight excluding hydrogens is 342 g/mol. The van der Waals surface area contributed by atoms with Crippen LogP contribution >= 0.6 is 23.1 Å². The number of carbonyl (C=O) groups excluding carboxylic acids is 1. The first-order chi connectivity index (χ1) is 11.6. The number of thiophene rings is 1. The minimum absolute atomic E-state index is 0.0270. The van der Waals surface area contributed by atoms with E-state index in [-0.39, 0.29) is 11.7 Å². The van der Waals surface area contributed by atoms with Crippen molar-refractivity contribution < 1.29 is 9.21 Å². The Kier molecular flexibility index (Phi) is 5.32. The lowest BCUT2D eigenvalue weighted by Gasteiger charge is -2.17. The number of carbonyl (C=O) groups is 1. The Balaban J connectivity index is 1.54. The lowest BCUT2D eigenvalue weighted by atomic mass is 10.1. The van der Waals surface area contributed by atoms with E-state index in [1.54, 1.807) is 23.3 Å². The van der Waals surface area contributed by atoms with Crippen LogP contribution in [0, 0.1) is 6.92 Å². The van der Waals surface area contributed by atoms with Crippen molar-refractivity contribution >= 4 is 29.0 Å². The van der Waals surface area contributed by atoms with Crippen LogP contribution in [-0.2, 0) is 11.3 Å². The van der Waals surface area contributed by atoms with Crippen LogP contribution in [-0.4, -0.2) is 33.8 Å². The Labute approximate surface area is 148 Å². The quantitative estimate of drug-likeness (QED) is 0.626. The predicted octanol–water partition coefficient (Wildman–Crippen LogP) is 3.86. The van der Waals surface area contributed by atoms with Gasteiger partial charge in [-0.3, -0.25) is 4.79 Å². The van der Waals surface area contributed by atoms with E-state index in [1.165, 1.54) is 17.3 Å². The summed E-state index contributed by atoms with van der Waals surface area (Å²) in [5, 5.41) is 10.4. The third kappa shape index (κ3) is 4.04. The van der Waals surface area contributed by atoms with Crippen molar-refractivity contribution in [1.82, 2.24) is 15.1 Å². The Hall–Kier alpha value is -2.12. The van der Waals surface area contributed by atoms with E-state index in [1.807, 2.05) is 48.7 Å². The van der Waals surface area contributed by atoms with E-state index in [0.29, 0.717) is 17.7 Å². The Morgan fingerprint density at radius 3 is 2.83 bits per heavy atom. The van der Waals surface area contributed by atoms with Crippen LogP contribution in [0.2, 0.25) is 0 Å². The zero-order valence-electron chi connectivity index (χ0n) is 13.4. The van der Waals surface area contributed by atoms with Gasteiger partial charge in [-0.2, -0.15) is 0 Å². The van der Waals surface area contributed by atoms with Gasteiger partial charge in [0.15, 0.2) is 0 Å². The molecule has 0 atom stereocenters. The van der Waals surface area contributed by atoms with E-state index < -0.39 is 0 Å². The van der Waals surface area contributed by atoms with Crippen LogP contribution in [0.5, 0.6) is 0 Å². The Bertz CT molecular complexity index is 815. The second-order valence-corrected chi connectivity index (χ2v) is 7.19. The molecule has 0 aliphatic rings. The first-order valence-corrected chi connectivity index (χ1v) is 9.28. The van der Waals surface area contributed by atoms with Gasteiger partial charge in [-0.05, 0) is 29.5 Å². The highest BCUT2D eigenvalue weighted by Gasteiger charge is 2.14. The molecule has 0 unspecified atom stereocenters. The van der Waals surface area contributed by atoms with E-state index in [0.717, 1.165) is 10.4 Å². The van der Waals surface area contributed by atoms with Crippen molar-refractivity contribution in [2.75, 3.05) is 12.8 Å². The van der Waals surface area contributed by atoms with Crippen molar-refractivity contribution in [3.63, 3.8) is 0 Å². The number of amides is 1. The molecule has 0 spiro atoms. The van der Waals surface area contributed by atoms with Crippen LogP contribution < -0.4 is 0 Å². The molecule has 2 aromatic heterocycles. The molecule has 3 rings (SSSR count). The van der Waals surface area contributed by atoms with Gasteiger partial charge in [0.05, 0.1) is 10.6 Å². The zero-order valence-corrected chi connectivity index (χ0v) is 15.1. The molecular formula is C17H17N3O2S2. The second kappa shape index (κ2) is 7.63. The van der Waals surface area contributed by atoms with Gasteiger partial charge in [-0.1, -0.05) is 42.1 Å². The fourth-order valence-electron chi connectivity index (χ4n) is 2.13. The third-order valence-electron chi connectivity index (χ3n) is 3.55. The minimum Gasteiger partial charge on any atom is -0.410 e. The molecule has 24 heavy (non-hydrogen) atoms. The predicted molar refractivity (Wildman–Crippen MR) is 96.0 cm³/mol. The van der Waals surface area contributed by atoms with Crippen LogP contribution in [0.15, 0.2) is 51.4 Å². The van der Waals surface area contributed by atoms with E-state index >= 15 is 0 Å². The summed E-state index contributed by atoms with van der Waals surface area (Å²) < 4.78 is 5.58. The molecule has 0 aliphatic carbocycles. The monoisotopic (exact) mass is 359 g/mol. The maximum absolute atomic E-state index is 12.3. The third-order valence-corrected chi connectivity index (χ3v) is 5.21. The second-order valence-electron chi connectivity index (χ2n) is 5.32. The van der Waals surface area contributed by atoms with Crippen molar-refractivity contribution in [3.8, 4) is 10.8 Å². The number of rotatable bonds is 6. The molecule has 7 heteroatoms. The molecule has 1 aromatic carbocycles. The number of benzene rings is 1. The smallest absolute Gasteiger partial charge is 0.277 e. The average molecular weight is 359 g/mol. The maximum atomic E-state index is 12.3. The van der Waals surface area contributed by atoms with Crippen LogP contribution in [0.3, 0.4) is 0 Å². The van der Waals surface area contributed by atoms with E-state index in [4.69, 9.17) is 4.42 Å². The van der Waals surface area contributed by atoms with E-state index in [9.17, 15) is 4.79 Å². The van der Waals surface area contributed by atoms with Gasteiger partial charge in [0.25, 0.3) is 11.1 Å². The van der Waals surface area contributed by atoms with Gasteiger partial charge in [-0.25, -0.2) is 0 Å². The highest BCUT2D eigenvalue weighted by atomic mass is 32.2. The molecule has 0 radical (unpaired) electrons. The number of aromatic nitrogens is 2. The van der Waals surface area contributed by atoms with Gasteiger partial charge in [0.2, 0.25) is 5.91 Å². The average Bonchev–Trinajstić information content (AvgIpc) is 3.25. The van der Waals surface area contributed by atoms with Crippen LogP contribution in [0.25, 0.3) is 10.8 Å². The van der Waals surface area contributed by atoms with Gasteiger partial charge >= 0.3 is 0 Å². The van der Waals surface area contributed by atoms with Crippen LogP contribution in [0.1, 0.15) is 11.1 Å². The summed E-state index contributed by atoms with van der Waals surface area (Å²) in [4.78, 5) is 14.9. The molecule has 0 saturated carbocycles. The summed E-state index contributed by atoms with van der Waals surface area (Å²) in [5.41, 5.74) is 2.33. The van der Waals surface area contributed by atoms with Crippen molar-refractivity contribution in [2.24, 2.45) is 0 Å². The first-order valence-electron chi connectivity index (χ1n) is 7.42. The summed E-state index contributed by atoms with van der Waals surface area (Å²) >= 11 is 2.80. The SMILES string of the molecule is Cc1ccccc1CN(C)C(=O)CSc1nnc(-c2cccs2)o1. The highest BCUT2D eigenvalue weighted by Crippen LogP contribution is 2.26. The van der Waals surface area contributed by atoms with Gasteiger partial charge in [-0.15, -0.1) is 21.5 Å².